The van der Waals surface area contributed by atoms with Crippen LogP contribution in [0.2, 0.25) is 0 Å². The van der Waals surface area contributed by atoms with Crippen LogP contribution in [-0.4, -0.2) is 30.9 Å². The first kappa shape index (κ1) is 19.3. The highest BCUT2D eigenvalue weighted by atomic mass is 16.5. The molecule has 4 rings (SSSR count). The highest BCUT2D eigenvalue weighted by Gasteiger charge is 2.12. The second-order valence-electron chi connectivity index (χ2n) is 6.93. The fourth-order valence-electron chi connectivity index (χ4n) is 2.80. The standard InChI is InChI=1S/C21H21N7O2/c1-14(2)18-26-20(30-27-18)15-6-8-17(9-7-15)25-21(29)23-13-16-5-3-10-22-19(16)28-12-4-11-24-28/h3-12,14H,13H2,1-2H3,(H2,23,25,29). The molecule has 152 valence electrons. The van der Waals surface area contributed by atoms with Gasteiger partial charge >= 0.3 is 6.03 Å². The highest BCUT2D eigenvalue weighted by molar-refractivity contribution is 5.89. The molecule has 3 aromatic heterocycles. The second kappa shape index (κ2) is 8.56. The predicted molar refractivity (Wildman–Crippen MR) is 111 cm³/mol. The summed E-state index contributed by atoms with van der Waals surface area (Å²) in [6.07, 6.45) is 5.18. The van der Waals surface area contributed by atoms with E-state index in [1.807, 2.05) is 44.2 Å². The quantitative estimate of drug-likeness (QED) is 0.507. The lowest BCUT2D eigenvalue weighted by molar-refractivity contribution is 0.251. The molecule has 1 aromatic carbocycles. The van der Waals surface area contributed by atoms with Crippen molar-refractivity contribution in [2.45, 2.75) is 26.3 Å². The third kappa shape index (κ3) is 4.35. The largest absolute Gasteiger partial charge is 0.334 e. The first-order valence-corrected chi connectivity index (χ1v) is 9.53. The maximum Gasteiger partial charge on any atom is 0.319 e. The average molecular weight is 403 g/mol. The SMILES string of the molecule is CC(C)c1noc(-c2ccc(NC(=O)NCc3cccnc3-n3cccn3)cc2)n1. The van der Waals surface area contributed by atoms with Gasteiger partial charge in [-0.1, -0.05) is 25.1 Å². The van der Waals surface area contributed by atoms with Gasteiger partial charge in [-0.3, -0.25) is 0 Å². The molecule has 0 atom stereocenters. The number of amides is 2. The minimum atomic E-state index is -0.321. The van der Waals surface area contributed by atoms with Crippen molar-refractivity contribution in [1.29, 1.82) is 0 Å². The second-order valence-corrected chi connectivity index (χ2v) is 6.93. The van der Waals surface area contributed by atoms with Gasteiger partial charge in [-0.05, 0) is 36.4 Å². The summed E-state index contributed by atoms with van der Waals surface area (Å²) in [6, 6.07) is 12.4. The molecule has 30 heavy (non-hydrogen) atoms. The molecular weight excluding hydrogens is 382 g/mol. The Morgan fingerprint density at radius 1 is 1.13 bits per heavy atom. The van der Waals surface area contributed by atoms with Crippen molar-refractivity contribution < 1.29 is 9.32 Å². The van der Waals surface area contributed by atoms with Crippen LogP contribution in [0.1, 0.15) is 31.2 Å². The third-order valence-corrected chi connectivity index (χ3v) is 4.38. The Labute approximate surface area is 173 Å². The Morgan fingerprint density at radius 2 is 1.97 bits per heavy atom. The van der Waals surface area contributed by atoms with E-state index < -0.39 is 0 Å². The van der Waals surface area contributed by atoms with E-state index in [0.717, 1.165) is 11.1 Å². The third-order valence-electron chi connectivity index (χ3n) is 4.38. The number of nitrogens with zero attached hydrogens (tertiary/aromatic N) is 5. The van der Waals surface area contributed by atoms with Crippen LogP contribution in [0.25, 0.3) is 17.3 Å². The molecular formula is C21H21N7O2. The van der Waals surface area contributed by atoms with Crippen LogP contribution >= 0.6 is 0 Å². The smallest absolute Gasteiger partial charge is 0.319 e. The van der Waals surface area contributed by atoms with E-state index >= 15 is 0 Å². The minimum Gasteiger partial charge on any atom is -0.334 e. The summed E-state index contributed by atoms with van der Waals surface area (Å²) in [6.45, 7) is 4.32. The van der Waals surface area contributed by atoms with Crippen LogP contribution in [0.4, 0.5) is 10.5 Å². The Balaban J connectivity index is 1.37. The summed E-state index contributed by atoms with van der Waals surface area (Å²) in [5.74, 6) is 1.99. The van der Waals surface area contributed by atoms with E-state index in [-0.39, 0.29) is 11.9 Å². The maximum absolute atomic E-state index is 12.3. The van der Waals surface area contributed by atoms with E-state index in [0.29, 0.717) is 29.8 Å². The zero-order valence-electron chi connectivity index (χ0n) is 16.6. The molecule has 0 spiro atoms. The van der Waals surface area contributed by atoms with E-state index in [2.05, 4.69) is 30.9 Å². The number of carbonyl (C=O) groups excluding carboxylic acids is 1. The number of hydrogen-bond donors (Lipinski definition) is 2. The molecule has 2 N–H and O–H groups in total. The first-order chi connectivity index (χ1) is 14.6. The normalized spacial score (nSPS) is 10.9. The maximum atomic E-state index is 12.3. The number of urea groups is 1. The van der Waals surface area contributed by atoms with Gasteiger partial charge in [-0.15, -0.1) is 0 Å². The number of anilines is 1. The number of carbonyl (C=O) groups is 1. The molecule has 0 unspecified atom stereocenters. The molecule has 0 saturated heterocycles. The van der Waals surface area contributed by atoms with Gasteiger partial charge in [-0.2, -0.15) is 10.1 Å². The molecule has 0 aliphatic heterocycles. The van der Waals surface area contributed by atoms with Gasteiger partial charge in [0.15, 0.2) is 11.6 Å². The van der Waals surface area contributed by atoms with Gasteiger partial charge in [0.2, 0.25) is 0 Å². The van der Waals surface area contributed by atoms with E-state index in [1.54, 1.807) is 35.4 Å². The Bertz CT molecular complexity index is 1120. The minimum absolute atomic E-state index is 0.195. The molecule has 9 heteroatoms. The number of hydrogen-bond acceptors (Lipinski definition) is 6. The van der Waals surface area contributed by atoms with Crippen molar-refractivity contribution in [2.24, 2.45) is 0 Å². The first-order valence-electron chi connectivity index (χ1n) is 9.53. The van der Waals surface area contributed by atoms with Crippen LogP contribution in [0.3, 0.4) is 0 Å². The van der Waals surface area contributed by atoms with Crippen molar-refractivity contribution >= 4 is 11.7 Å². The highest BCUT2D eigenvalue weighted by Crippen LogP contribution is 2.21. The number of nitrogens with one attached hydrogen (secondary N) is 2. The molecule has 0 fully saturated rings. The van der Waals surface area contributed by atoms with Crippen molar-refractivity contribution in [3.8, 4) is 17.3 Å². The summed E-state index contributed by atoms with van der Waals surface area (Å²) in [4.78, 5) is 21.0. The number of aromatic nitrogens is 5. The van der Waals surface area contributed by atoms with Gasteiger partial charge in [0.05, 0.1) is 0 Å². The summed E-state index contributed by atoms with van der Waals surface area (Å²) in [5, 5.41) is 13.8. The van der Waals surface area contributed by atoms with Crippen LogP contribution in [0.15, 0.2) is 65.6 Å². The van der Waals surface area contributed by atoms with Gasteiger partial charge in [-0.25, -0.2) is 14.5 Å². The fraction of sp³-hybridized carbons (Fsp3) is 0.190. The van der Waals surface area contributed by atoms with Gasteiger partial charge < -0.3 is 15.2 Å². The summed E-state index contributed by atoms with van der Waals surface area (Å²) >= 11 is 0. The van der Waals surface area contributed by atoms with E-state index in [4.69, 9.17) is 4.52 Å². The summed E-state index contributed by atoms with van der Waals surface area (Å²) in [5.41, 5.74) is 2.29. The average Bonchev–Trinajstić information content (AvgIpc) is 3.45. The van der Waals surface area contributed by atoms with E-state index in [9.17, 15) is 4.79 Å². The Morgan fingerprint density at radius 3 is 2.67 bits per heavy atom. The lowest BCUT2D eigenvalue weighted by Gasteiger charge is -2.11. The summed E-state index contributed by atoms with van der Waals surface area (Å²) in [7, 11) is 0. The van der Waals surface area contributed by atoms with E-state index in [1.165, 1.54) is 0 Å². The molecule has 0 saturated carbocycles. The van der Waals surface area contributed by atoms with Crippen molar-refractivity contribution in [2.75, 3.05) is 5.32 Å². The van der Waals surface area contributed by atoms with Crippen molar-refractivity contribution in [3.05, 3.63) is 72.4 Å². The number of rotatable bonds is 6. The Kier molecular flexibility index (Phi) is 5.51. The zero-order valence-corrected chi connectivity index (χ0v) is 16.6. The van der Waals surface area contributed by atoms with Crippen LogP contribution < -0.4 is 10.6 Å². The lowest BCUT2D eigenvalue weighted by Crippen LogP contribution is -2.28. The molecule has 0 radical (unpaired) electrons. The van der Waals surface area contributed by atoms with Crippen molar-refractivity contribution in [3.63, 3.8) is 0 Å². The van der Waals surface area contributed by atoms with Gasteiger partial charge in [0.1, 0.15) is 0 Å². The number of benzene rings is 1. The summed E-state index contributed by atoms with van der Waals surface area (Å²) < 4.78 is 6.95. The number of pyridine rings is 1. The zero-order chi connectivity index (χ0) is 20.9. The topological polar surface area (TPSA) is 111 Å². The fourth-order valence-corrected chi connectivity index (χ4v) is 2.80. The molecule has 2 amide bonds. The van der Waals surface area contributed by atoms with Crippen LogP contribution in [0, 0.1) is 0 Å². The molecule has 3 heterocycles. The van der Waals surface area contributed by atoms with Crippen molar-refractivity contribution in [1.82, 2.24) is 30.2 Å². The van der Waals surface area contributed by atoms with Crippen LogP contribution in [-0.2, 0) is 6.54 Å². The monoisotopic (exact) mass is 403 g/mol. The molecule has 9 nitrogen and oxygen atoms in total. The molecule has 4 aromatic rings. The predicted octanol–water partition coefficient (Wildman–Crippen LogP) is 3.76. The van der Waals surface area contributed by atoms with Gasteiger partial charge in [0, 0.05) is 47.9 Å². The van der Waals surface area contributed by atoms with Crippen LogP contribution in [0.5, 0.6) is 0 Å². The van der Waals surface area contributed by atoms with Gasteiger partial charge in [0.25, 0.3) is 5.89 Å². The molecule has 0 aliphatic carbocycles. The molecule has 0 aliphatic rings. The Hall–Kier alpha value is -4.01. The lowest BCUT2D eigenvalue weighted by atomic mass is 10.2. The molecule has 0 bridgehead atoms.